The summed E-state index contributed by atoms with van der Waals surface area (Å²) in [4.78, 5) is 21.9. The summed E-state index contributed by atoms with van der Waals surface area (Å²) in [5.74, 6) is 0.108. The van der Waals surface area contributed by atoms with E-state index in [2.05, 4.69) is 15.8 Å². The summed E-state index contributed by atoms with van der Waals surface area (Å²) in [5, 5.41) is 8.63. The topological polar surface area (TPSA) is 84.2 Å². The van der Waals surface area contributed by atoms with Gasteiger partial charge in [0.2, 0.25) is 11.8 Å². The molecule has 1 aliphatic heterocycles. The average Bonchev–Trinajstić information content (AvgIpc) is 2.72. The number of hydrogen-bond donors (Lipinski definition) is 2. The Morgan fingerprint density at radius 1 is 1.64 bits per heavy atom. The van der Waals surface area contributed by atoms with Gasteiger partial charge in [0.1, 0.15) is 5.76 Å². The smallest absolute Gasteiger partial charge is 0.244 e. The first-order valence-electron chi connectivity index (χ1n) is 4.22. The predicted molar refractivity (Wildman–Crippen MR) is 44.9 cm³/mol. The number of aromatic nitrogens is 1. The van der Waals surface area contributed by atoms with Crippen LogP contribution in [0.25, 0.3) is 0 Å². The second-order valence-electron chi connectivity index (χ2n) is 3.03. The molecule has 6 nitrogen and oxygen atoms in total. The first-order valence-corrected chi connectivity index (χ1v) is 4.22. The highest BCUT2D eigenvalue weighted by Gasteiger charge is 2.29. The average molecular weight is 195 g/mol. The first-order chi connectivity index (χ1) is 6.75. The summed E-state index contributed by atoms with van der Waals surface area (Å²) in [7, 11) is 0. The molecule has 1 aliphatic rings. The number of hydrogen-bond acceptors (Lipinski definition) is 5. The van der Waals surface area contributed by atoms with Crippen LogP contribution in [-0.4, -0.2) is 23.0 Å². The van der Waals surface area contributed by atoms with Crippen LogP contribution in [0.5, 0.6) is 0 Å². The number of nitrogens with one attached hydrogen (secondary N) is 2. The molecule has 0 saturated carbocycles. The van der Waals surface area contributed by atoms with Crippen molar-refractivity contribution in [3.8, 4) is 0 Å². The van der Waals surface area contributed by atoms with Gasteiger partial charge in [-0.05, 0) is 0 Å². The van der Waals surface area contributed by atoms with Gasteiger partial charge in [0.25, 0.3) is 0 Å². The molecule has 14 heavy (non-hydrogen) atoms. The van der Waals surface area contributed by atoms with E-state index in [0.29, 0.717) is 12.3 Å². The Balaban J connectivity index is 1.87. The molecule has 1 aromatic heterocycles. The van der Waals surface area contributed by atoms with Gasteiger partial charge in [0.15, 0.2) is 0 Å². The van der Waals surface area contributed by atoms with Crippen LogP contribution >= 0.6 is 0 Å². The minimum Gasteiger partial charge on any atom is -0.360 e. The number of amides is 2. The Morgan fingerprint density at radius 3 is 3.07 bits per heavy atom. The molecule has 1 saturated heterocycles. The lowest BCUT2D eigenvalue weighted by atomic mass is 10.2. The van der Waals surface area contributed by atoms with Crippen LogP contribution in [-0.2, 0) is 16.1 Å². The third kappa shape index (κ3) is 1.80. The fourth-order valence-corrected chi connectivity index (χ4v) is 1.28. The summed E-state index contributed by atoms with van der Waals surface area (Å²) < 4.78 is 4.83. The molecular weight excluding hydrogens is 186 g/mol. The lowest BCUT2D eigenvalue weighted by Crippen LogP contribution is -2.35. The van der Waals surface area contributed by atoms with Gasteiger partial charge in [-0.1, -0.05) is 5.16 Å². The zero-order valence-electron chi connectivity index (χ0n) is 7.32. The fourth-order valence-electron chi connectivity index (χ4n) is 1.28. The van der Waals surface area contributed by atoms with Crippen LogP contribution in [0.3, 0.4) is 0 Å². The van der Waals surface area contributed by atoms with Crippen LogP contribution in [0.4, 0.5) is 0 Å². The van der Waals surface area contributed by atoms with E-state index in [1.165, 1.54) is 6.20 Å². The Hall–Kier alpha value is -1.69. The number of imide groups is 1. The maximum Gasteiger partial charge on any atom is 0.244 e. The standard InChI is InChI=1S/C8H9N3O3/c12-7-3-6(8(13)11-7)9-4-5-1-2-10-14-5/h1-2,6,9H,3-4H2,(H,11,12,13). The molecule has 0 radical (unpaired) electrons. The van der Waals surface area contributed by atoms with E-state index in [-0.39, 0.29) is 18.2 Å². The molecule has 6 heteroatoms. The third-order valence-corrected chi connectivity index (χ3v) is 1.98. The van der Waals surface area contributed by atoms with Crippen molar-refractivity contribution in [1.29, 1.82) is 0 Å². The van der Waals surface area contributed by atoms with E-state index in [4.69, 9.17) is 4.52 Å². The van der Waals surface area contributed by atoms with E-state index in [9.17, 15) is 9.59 Å². The number of nitrogens with zero attached hydrogens (tertiary/aromatic N) is 1. The van der Waals surface area contributed by atoms with E-state index < -0.39 is 6.04 Å². The van der Waals surface area contributed by atoms with Crippen molar-refractivity contribution in [3.05, 3.63) is 18.0 Å². The number of carbonyl (C=O) groups is 2. The van der Waals surface area contributed by atoms with Crippen LogP contribution in [0, 0.1) is 0 Å². The second-order valence-corrected chi connectivity index (χ2v) is 3.03. The molecule has 2 heterocycles. The lowest BCUT2D eigenvalue weighted by molar-refractivity contribution is -0.125. The highest BCUT2D eigenvalue weighted by atomic mass is 16.5. The Kier molecular flexibility index (Phi) is 2.28. The van der Waals surface area contributed by atoms with Gasteiger partial charge < -0.3 is 4.52 Å². The Morgan fingerprint density at radius 2 is 2.50 bits per heavy atom. The monoisotopic (exact) mass is 195 g/mol. The minimum absolute atomic E-state index is 0.187. The van der Waals surface area contributed by atoms with Crippen molar-refractivity contribution >= 4 is 11.8 Å². The molecule has 1 atom stereocenters. The van der Waals surface area contributed by atoms with Crippen molar-refractivity contribution in [2.75, 3.05) is 0 Å². The van der Waals surface area contributed by atoms with Crippen LogP contribution in [0.15, 0.2) is 16.8 Å². The van der Waals surface area contributed by atoms with Gasteiger partial charge in [0, 0.05) is 6.07 Å². The predicted octanol–water partition coefficient (Wildman–Crippen LogP) is -0.821. The molecule has 1 fully saturated rings. The molecule has 0 aliphatic carbocycles. The molecule has 0 spiro atoms. The molecular formula is C8H9N3O3. The fraction of sp³-hybridized carbons (Fsp3) is 0.375. The summed E-state index contributed by atoms with van der Waals surface area (Å²) in [5.41, 5.74) is 0. The van der Waals surface area contributed by atoms with Crippen molar-refractivity contribution in [2.45, 2.75) is 19.0 Å². The molecule has 2 N–H and O–H groups in total. The quantitative estimate of drug-likeness (QED) is 0.615. The van der Waals surface area contributed by atoms with E-state index in [1.54, 1.807) is 6.07 Å². The van der Waals surface area contributed by atoms with Gasteiger partial charge >= 0.3 is 0 Å². The van der Waals surface area contributed by atoms with Crippen LogP contribution in [0.1, 0.15) is 12.2 Å². The van der Waals surface area contributed by atoms with Crippen molar-refractivity contribution in [3.63, 3.8) is 0 Å². The molecule has 2 amide bonds. The van der Waals surface area contributed by atoms with Gasteiger partial charge in [-0.2, -0.15) is 0 Å². The number of carbonyl (C=O) groups excluding carboxylic acids is 2. The van der Waals surface area contributed by atoms with E-state index in [0.717, 1.165) is 0 Å². The Labute approximate surface area is 79.6 Å². The summed E-state index contributed by atoms with van der Waals surface area (Å²) >= 11 is 0. The van der Waals surface area contributed by atoms with Crippen molar-refractivity contribution in [2.24, 2.45) is 0 Å². The number of rotatable bonds is 3. The van der Waals surface area contributed by atoms with Crippen LogP contribution in [0.2, 0.25) is 0 Å². The largest absolute Gasteiger partial charge is 0.360 e. The Bertz CT molecular complexity index is 347. The normalized spacial score (nSPS) is 21.3. The molecule has 2 rings (SSSR count). The van der Waals surface area contributed by atoms with Gasteiger partial charge in [-0.25, -0.2) is 0 Å². The summed E-state index contributed by atoms with van der Waals surface area (Å²) in [6, 6.07) is 1.24. The molecule has 0 bridgehead atoms. The lowest BCUT2D eigenvalue weighted by Gasteiger charge is -2.05. The molecule has 1 aromatic rings. The zero-order chi connectivity index (χ0) is 9.97. The third-order valence-electron chi connectivity index (χ3n) is 1.98. The second kappa shape index (κ2) is 3.59. The first kappa shape index (κ1) is 8.89. The molecule has 1 unspecified atom stereocenters. The summed E-state index contributed by atoms with van der Waals surface area (Å²) in [6.45, 7) is 0.394. The van der Waals surface area contributed by atoms with E-state index in [1.807, 2.05) is 0 Å². The van der Waals surface area contributed by atoms with E-state index >= 15 is 0 Å². The molecule has 0 aromatic carbocycles. The highest BCUT2D eigenvalue weighted by Crippen LogP contribution is 2.03. The van der Waals surface area contributed by atoms with Crippen molar-refractivity contribution < 1.29 is 14.1 Å². The summed E-state index contributed by atoms with van der Waals surface area (Å²) in [6.07, 6.45) is 1.71. The van der Waals surface area contributed by atoms with Gasteiger partial charge in [-0.15, -0.1) is 0 Å². The molecule has 74 valence electrons. The highest BCUT2D eigenvalue weighted by molar-refractivity contribution is 6.05. The minimum atomic E-state index is -0.451. The SMILES string of the molecule is O=C1CC(NCc2ccno2)C(=O)N1. The zero-order valence-corrected chi connectivity index (χ0v) is 7.32. The van der Waals surface area contributed by atoms with Gasteiger partial charge in [-0.3, -0.25) is 20.2 Å². The van der Waals surface area contributed by atoms with Crippen molar-refractivity contribution in [1.82, 2.24) is 15.8 Å². The maximum absolute atomic E-state index is 11.1. The maximum atomic E-state index is 11.1. The van der Waals surface area contributed by atoms with Crippen LogP contribution < -0.4 is 10.6 Å². The van der Waals surface area contributed by atoms with Gasteiger partial charge in [0.05, 0.1) is 25.2 Å².